The first-order chi connectivity index (χ1) is 17.4. The molecule has 1 saturated heterocycles. The van der Waals surface area contributed by atoms with Crippen LogP contribution in [0.1, 0.15) is 61.1 Å². The summed E-state index contributed by atoms with van der Waals surface area (Å²) in [6, 6.07) is 9.74. The summed E-state index contributed by atoms with van der Waals surface area (Å²) in [5.41, 5.74) is 0.684. The largest absolute Gasteiger partial charge is 0.444 e. The van der Waals surface area contributed by atoms with Crippen LogP contribution in [0.25, 0.3) is 11.0 Å². The van der Waals surface area contributed by atoms with E-state index in [1.165, 1.54) is 12.1 Å². The van der Waals surface area contributed by atoms with E-state index in [-0.39, 0.29) is 17.6 Å². The minimum atomic E-state index is -4.57. The van der Waals surface area contributed by atoms with Crippen molar-refractivity contribution in [1.29, 1.82) is 0 Å². The van der Waals surface area contributed by atoms with E-state index in [1.807, 2.05) is 22.8 Å². The molecule has 2 aromatic carbocycles. The van der Waals surface area contributed by atoms with Crippen LogP contribution in [0.2, 0.25) is 0 Å². The van der Waals surface area contributed by atoms with Crippen molar-refractivity contribution in [3.63, 3.8) is 0 Å². The van der Waals surface area contributed by atoms with Crippen LogP contribution in [-0.2, 0) is 16.2 Å². The lowest BCUT2D eigenvalue weighted by atomic mass is 10.1. The van der Waals surface area contributed by atoms with Crippen LogP contribution < -0.4 is 5.32 Å². The molecule has 4 rings (SSSR count). The van der Waals surface area contributed by atoms with Gasteiger partial charge in [0.25, 0.3) is 5.91 Å². The first-order valence-electron chi connectivity index (χ1n) is 11.9. The molecule has 7 nitrogen and oxygen atoms in total. The number of carbonyl (C=O) groups excluding carboxylic acids is 2. The van der Waals surface area contributed by atoms with E-state index in [0.717, 1.165) is 29.6 Å². The molecule has 0 spiro atoms. The predicted octanol–water partition coefficient (Wildman–Crippen LogP) is 6.77. The zero-order chi connectivity index (χ0) is 27.0. The minimum absolute atomic E-state index is 0.131. The fourth-order valence-corrected chi connectivity index (χ4v) is 4.70. The summed E-state index contributed by atoms with van der Waals surface area (Å²) in [5, 5.41) is 3.32. The molecule has 0 bridgehead atoms. The Kier molecular flexibility index (Phi) is 7.55. The summed E-state index contributed by atoms with van der Waals surface area (Å²) in [4.78, 5) is 32.0. The molecular weight excluding hydrogens is 553 g/mol. The number of piperidine rings is 1. The number of nitrogens with zero attached hydrogens (tertiary/aromatic N) is 3. The van der Waals surface area contributed by atoms with Crippen LogP contribution in [0.5, 0.6) is 0 Å². The van der Waals surface area contributed by atoms with Crippen molar-refractivity contribution in [2.75, 3.05) is 18.4 Å². The van der Waals surface area contributed by atoms with Crippen LogP contribution in [-0.4, -0.2) is 45.1 Å². The van der Waals surface area contributed by atoms with E-state index in [0.29, 0.717) is 30.4 Å². The number of ether oxygens (including phenoxy) is 1. The van der Waals surface area contributed by atoms with Gasteiger partial charge in [-0.3, -0.25) is 10.1 Å². The highest BCUT2D eigenvalue weighted by Crippen LogP contribution is 2.33. The number of carbonyl (C=O) groups is 2. The van der Waals surface area contributed by atoms with E-state index < -0.39 is 29.3 Å². The molecule has 0 aliphatic carbocycles. The number of benzene rings is 2. The zero-order valence-corrected chi connectivity index (χ0v) is 22.3. The van der Waals surface area contributed by atoms with Crippen molar-refractivity contribution in [2.24, 2.45) is 0 Å². The van der Waals surface area contributed by atoms with E-state index in [1.54, 1.807) is 25.7 Å². The van der Waals surface area contributed by atoms with Gasteiger partial charge in [0.15, 0.2) is 0 Å². The van der Waals surface area contributed by atoms with Gasteiger partial charge in [-0.25, -0.2) is 9.78 Å². The Morgan fingerprint density at radius 1 is 1.16 bits per heavy atom. The van der Waals surface area contributed by atoms with Crippen LogP contribution in [0, 0.1) is 0 Å². The van der Waals surface area contributed by atoms with Gasteiger partial charge in [-0.1, -0.05) is 28.1 Å². The van der Waals surface area contributed by atoms with E-state index in [2.05, 4.69) is 26.2 Å². The second-order valence-corrected chi connectivity index (χ2v) is 10.6. The molecule has 1 N–H and O–H groups in total. The molecule has 1 aromatic heterocycles. The van der Waals surface area contributed by atoms with Gasteiger partial charge in [-0.2, -0.15) is 13.2 Å². The number of imidazole rings is 1. The number of fused-ring (bicyclic) bond motifs is 1. The Labute approximate surface area is 221 Å². The highest BCUT2D eigenvalue weighted by molar-refractivity contribution is 9.08. The number of halogens is 4. The maximum Gasteiger partial charge on any atom is 0.416 e. The number of rotatable bonds is 4. The van der Waals surface area contributed by atoms with Crippen molar-refractivity contribution in [3.05, 3.63) is 59.2 Å². The van der Waals surface area contributed by atoms with E-state index in [4.69, 9.17) is 4.74 Å². The van der Waals surface area contributed by atoms with Gasteiger partial charge in [0.1, 0.15) is 5.60 Å². The summed E-state index contributed by atoms with van der Waals surface area (Å²) < 4.78 is 47.0. The van der Waals surface area contributed by atoms with Crippen molar-refractivity contribution in [1.82, 2.24) is 14.5 Å². The first-order valence-corrected chi connectivity index (χ1v) is 13.0. The third-order valence-electron chi connectivity index (χ3n) is 6.00. The molecule has 1 unspecified atom stereocenters. The summed E-state index contributed by atoms with van der Waals surface area (Å²) in [6.07, 6.45) is -3.55. The molecule has 1 aliphatic heterocycles. The predicted molar refractivity (Wildman–Crippen MR) is 138 cm³/mol. The normalized spacial score (nSPS) is 16.6. The highest BCUT2D eigenvalue weighted by atomic mass is 79.9. The molecule has 37 heavy (non-hydrogen) atoms. The van der Waals surface area contributed by atoms with Gasteiger partial charge < -0.3 is 14.2 Å². The molecule has 1 atom stereocenters. The Morgan fingerprint density at radius 2 is 1.92 bits per heavy atom. The second-order valence-electron chi connectivity index (χ2n) is 10.0. The summed E-state index contributed by atoms with van der Waals surface area (Å²) in [6.45, 7) is 6.29. The minimum Gasteiger partial charge on any atom is -0.444 e. The second kappa shape index (κ2) is 10.4. The van der Waals surface area contributed by atoms with Gasteiger partial charge in [0.2, 0.25) is 5.95 Å². The SMILES string of the molecule is CC(C)(C)OC(=O)N1CCCC(n2c(NC(=O)c3cccc(C(F)(F)F)c3)nc3cc(CBr)ccc32)C1. The van der Waals surface area contributed by atoms with E-state index >= 15 is 0 Å². The highest BCUT2D eigenvalue weighted by Gasteiger charge is 2.32. The smallest absolute Gasteiger partial charge is 0.416 e. The van der Waals surface area contributed by atoms with Crippen molar-refractivity contribution < 1.29 is 27.5 Å². The monoisotopic (exact) mass is 580 g/mol. The Morgan fingerprint density at radius 3 is 2.59 bits per heavy atom. The number of anilines is 1. The van der Waals surface area contributed by atoms with Crippen LogP contribution in [0.4, 0.5) is 23.9 Å². The Bertz CT molecular complexity index is 1320. The lowest BCUT2D eigenvalue weighted by Crippen LogP contribution is -2.43. The van der Waals surface area contributed by atoms with Crippen LogP contribution in [0.3, 0.4) is 0 Å². The third kappa shape index (κ3) is 6.26. The third-order valence-corrected chi connectivity index (χ3v) is 6.65. The van der Waals surface area contributed by atoms with Crippen LogP contribution >= 0.6 is 15.9 Å². The molecule has 11 heteroatoms. The molecule has 198 valence electrons. The maximum absolute atomic E-state index is 13.2. The topological polar surface area (TPSA) is 76.5 Å². The number of amides is 2. The van der Waals surface area contributed by atoms with Crippen molar-refractivity contribution >= 4 is 44.9 Å². The van der Waals surface area contributed by atoms with E-state index in [9.17, 15) is 22.8 Å². The molecule has 3 aromatic rings. The van der Waals surface area contributed by atoms with Gasteiger partial charge in [0, 0.05) is 24.0 Å². The first kappa shape index (κ1) is 27.0. The molecule has 0 saturated carbocycles. The molecule has 0 radical (unpaired) electrons. The Balaban J connectivity index is 1.69. The summed E-state index contributed by atoms with van der Waals surface area (Å²) in [7, 11) is 0. The lowest BCUT2D eigenvalue weighted by Gasteiger charge is -2.35. The fourth-order valence-electron chi connectivity index (χ4n) is 4.35. The summed E-state index contributed by atoms with van der Waals surface area (Å²) >= 11 is 3.43. The number of hydrogen-bond acceptors (Lipinski definition) is 4. The number of likely N-dealkylation sites (tertiary alicyclic amines) is 1. The molecule has 1 fully saturated rings. The zero-order valence-electron chi connectivity index (χ0n) is 20.7. The number of alkyl halides is 4. The maximum atomic E-state index is 13.2. The molecule has 2 amide bonds. The van der Waals surface area contributed by atoms with Crippen molar-refractivity contribution in [3.8, 4) is 0 Å². The summed E-state index contributed by atoms with van der Waals surface area (Å²) in [5.74, 6) is -0.497. The van der Waals surface area contributed by atoms with Gasteiger partial charge >= 0.3 is 12.3 Å². The van der Waals surface area contributed by atoms with Crippen LogP contribution in [0.15, 0.2) is 42.5 Å². The van der Waals surface area contributed by atoms with Gasteiger partial charge in [0.05, 0.1) is 22.6 Å². The van der Waals surface area contributed by atoms with Crippen molar-refractivity contribution in [2.45, 2.75) is 56.8 Å². The average molecular weight is 581 g/mol. The fraction of sp³-hybridized carbons (Fsp3) is 0.423. The van der Waals surface area contributed by atoms with Gasteiger partial charge in [-0.05, 0) is 69.5 Å². The lowest BCUT2D eigenvalue weighted by molar-refractivity contribution is -0.137. The molecular formula is C26H28BrF3N4O3. The number of hydrogen-bond donors (Lipinski definition) is 1. The standard InChI is InChI=1S/C26H28BrF3N4O3/c1-25(2,3)37-24(36)33-11-5-8-19(15-33)34-21-10-9-16(14-27)12-20(21)31-23(34)32-22(35)17-6-4-7-18(13-17)26(28,29)30/h4,6-7,9-10,12-13,19H,5,8,11,14-15H2,1-3H3,(H,31,32,35). The average Bonchev–Trinajstić information content (AvgIpc) is 3.19. The molecule has 2 heterocycles. The molecule has 1 aliphatic rings. The van der Waals surface area contributed by atoms with Gasteiger partial charge in [-0.15, -0.1) is 0 Å². The quantitative estimate of drug-likeness (QED) is 0.345. The Hall–Kier alpha value is -3.08. The number of aromatic nitrogens is 2. The number of nitrogens with one attached hydrogen (secondary N) is 1.